The molecule has 0 radical (unpaired) electrons. The first-order valence-corrected chi connectivity index (χ1v) is 11.7. The second kappa shape index (κ2) is 11.6. The third kappa shape index (κ3) is 7.78. The summed E-state index contributed by atoms with van der Waals surface area (Å²) in [5, 5.41) is 11.8. The van der Waals surface area contributed by atoms with Crippen LogP contribution in [-0.2, 0) is 32.6 Å². The van der Waals surface area contributed by atoms with Crippen LogP contribution < -0.4 is 5.32 Å². The van der Waals surface area contributed by atoms with Gasteiger partial charge in [-0.1, -0.05) is 60.7 Å². The number of rotatable bonds is 11. The molecule has 0 aliphatic heterocycles. The summed E-state index contributed by atoms with van der Waals surface area (Å²) in [6.45, 7) is -0.417. The fourth-order valence-electron chi connectivity index (χ4n) is 3.03. The first-order valence-electron chi connectivity index (χ1n) is 9.89. The summed E-state index contributed by atoms with van der Waals surface area (Å²) >= 11 is 0. The number of amides is 2. The molecule has 0 aliphatic rings. The molecule has 2 aromatic rings. The highest BCUT2D eigenvalue weighted by molar-refractivity contribution is 7.88. The lowest BCUT2D eigenvalue weighted by Crippen LogP contribution is -2.53. The van der Waals surface area contributed by atoms with Crippen LogP contribution in [0.4, 0.5) is 0 Å². The van der Waals surface area contributed by atoms with Crippen LogP contribution in [0, 0.1) is 0 Å². The molecule has 31 heavy (non-hydrogen) atoms. The van der Waals surface area contributed by atoms with Gasteiger partial charge in [-0.3, -0.25) is 9.59 Å². The van der Waals surface area contributed by atoms with Gasteiger partial charge in [-0.2, -0.15) is 4.31 Å². The number of hydrogen-bond donors (Lipinski definition) is 2. The van der Waals surface area contributed by atoms with E-state index in [9.17, 15) is 18.0 Å². The number of aliphatic hydroxyl groups excluding tert-OH is 1. The van der Waals surface area contributed by atoms with Crippen LogP contribution in [0.5, 0.6) is 0 Å². The summed E-state index contributed by atoms with van der Waals surface area (Å²) in [5.74, 6) is -0.902. The van der Waals surface area contributed by atoms with Crippen molar-refractivity contribution in [2.75, 3.05) is 33.0 Å². The van der Waals surface area contributed by atoms with Crippen LogP contribution in [0.1, 0.15) is 11.1 Å². The highest BCUT2D eigenvalue weighted by Crippen LogP contribution is 2.15. The Bertz CT molecular complexity index is 952. The van der Waals surface area contributed by atoms with Crippen molar-refractivity contribution in [3.05, 3.63) is 71.8 Å². The molecule has 2 aromatic carbocycles. The summed E-state index contributed by atoms with van der Waals surface area (Å²) in [6.07, 6.45) is 1.27. The zero-order valence-corrected chi connectivity index (χ0v) is 18.6. The number of sulfonamides is 1. The molecular weight excluding hydrogens is 418 g/mol. The van der Waals surface area contributed by atoms with E-state index < -0.39 is 27.9 Å². The number of nitrogens with zero attached hydrogens (tertiary/aromatic N) is 2. The van der Waals surface area contributed by atoms with Crippen molar-refractivity contribution in [1.29, 1.82) is 0 Å². The lowest BCUT2D eigenvalue weighted by Gasteiger charge is -2.32. The smallest absolute Gasteiger partial charge is 0.243 e. The lowest BCUT2D eigenvalue weighted by molar-refractivity contribution is -0.141. The lowest BCUT2D eigenvalue weighted by atomic mass is 10.0. The van der Waals surface area contributed by atoms with Gasteiger partial charge in [0.25, 0.3) is 0 Å². The zero-order chi connectivity index (χ0) is 22.9. The molecule has 9 heteroatoms. The number of carbonyl (C=O) groups excluding carboxylic acids is 2. The number of benzene rings is 2. The van der Waals surface area contributed by atoms with Crippen molar-refractivity contribution in [3.63, 3.8) is 0 Å². The first kappa shape index (κ1) is 24.5. The number of nitrogens with one attached hydrogen (secondary N) is 1. The van der Waals surface area contributed by atoms with Crippen molar-refractivity contribution >= 4 is 21.8 Å². The summed E-state index contributed by atoms with van der Waals surface area (Å²) in [6, 6.07) is 17.6. The van der Waals surface area contributed by atoms with Gasteiger partial charge in [-0.05, 0) is 11.1 Å². The minimum atomic E-state index is -3.57. The number of likely N-dealkylation sites (N-methyl/N-ethyl adjacent to an activating group) is 1. The van der Waals surface area contributed by atoms with Crippen LogP contribution in [0.25, 0.3) is 0 Å². The van der Waals surface area contributed by atoms with E-state index in [-0.39, 0.29) is 32.7 Å². The van der Waals surface area contributed by atoms with Gasteiger partial charge in [0.1, 0.15) is 6.04 Å². The van der Waals surface area contributed by atoms with Gasteiger partial charge in [-0.15, -0.1) is 0 Å². The molecule has 1 atom stereocenters. The normalized spacial score (nSPS) is 12.4. The summed E-state index contributed by atoms with van der Waals surface area (Å²) in [4.78, 5) is 27.6. The molecule has 0 saturated carbocycles. The van der Waals surface area contributed by atoms with Gasteiger partial charge in [0.05, 0.1) is 19.4 Å². The number of aliphatic hydroxyl groups is 1. The SMILES string of the molecule is CN(CC(=O)N(Cc1ccccc1)[C@H](Cc1ccccc1)C(=O)NCCO)S(C)(=O)=O. The third-order valence-corrected chi connectivity index (χ3v) is 6.06. The molecule has 0 aliphatic carbocycles. The number of hydrogen-bond acceptors (Lipinski definition) is 5. The third-order valence-electron chi connectivity index (χ3n) is 4.80. The highest BCUT2D eigenvalue weighted by Gasteiger charge is 2.31. The molecule has 8 nitrogen and oxygen atoms in total. The van der Waals surface area contributed by atoms with E-state index in [1.807, 2.05) is 60.7 Å². The topological polar surface area (TPSA) is 107 Å². The average Bonchev–Trinajstić information content (AvgIpc) is 2.75. The maximum absolute atomic E-state index is 13.2. The van der Waals surface area contributed by atoms with Gasteiger partial charge in [0.15, 0.2) is 0 Å². The summed E-state index contributed by atoms with van der Waals surface area (Å²) in [5.41, 5.74) is 1.67. The molecular formula is C22H29N3O5S. The Morgan fingerprint density at radius 2 is 1.55 bits per heavy atom. The quantitative estimate of drug-likeness (QED) is 0.525. The van der Waals surface area contributed by atoms with Gasteiger partial charge in [0.2, 0.25) is 21.8 Å². The highest BCUT2D eigenvalue weighted by atomic mass is 32.2. The molecule has 0 heterocycles. The Morgan fingerprint density at radius 3 is 2.06 bits per heavy atom. The minimum absolute atomic E-state index is 0.0563. The Balaban J connectivity index is 2.39. The minimum Gasteiger partial charge on any atom is -0.395 e. The monoisotopic (exact) mass is 447 g/mol. The molecule has 0 aromatic heterocycles. The molecule has 2 rings (SSSR count). The first-order chi connectivity index (χ1) is 14.7. The van der Waals surface area contributed by atoms with Crippen LogP contribution in [-0.4, -0.2) is 73.6 Å². The van der Waals surface area contributed by atoms with Crippen LogP contribution in [0.3, 0.4) is 0 Å². The van der Waals surface area contributed by atoms with E-state index in [1.165, 1.54) is 11.9 Å². The largest absolute Gasteiger partial charge is 0.395 e. The second-order valence-corrected chi connectivity index (χ2v) is 9.34. The fourth-order valence-corrected chi connectivity index (χ4v) is 3.37. The van der Waals surface area contributed by atoms with Gasteiger partial charge >= 0.3 is 0 Å². The van der Waals surface area contributed by atoms with Crippen LogP contribution in [0.2, 0.25) is 0 Å². The second-order valence-electron chi connectivity index (χ2n) is 7.25. The average molecular weight is 448 g/mol. The van der Waals surface area contributed by atoms with Crippen molar-refractivity contribution in [2.45, 2.75) is 19.0 Å². The molecule has 0 saturated heterocycles. The Labute approximate surface area is 183 Å². The number of carbonyl (C=O) groups is 2. The van der Waals surface area contributed by atoms with Crippen molar-refractivity contribution in [3.8, 4) is 0 Å². The Morgan fingerprint density at radius 1 is 1.00 bits per heavy atom. The standard InChI is InChI=1S/C22H29N3O5S/c1-24(31(2,29)30)17-21(27)25(16-19-11-7-4-8-12-19)20(22(28)23-13-14-26)15-18-9-5-3-6-10-18/h3-12,20,26H,13-17H2,1-2H3,(H,23,28)/t20-/m1/s1. The van der Waals surface area contributed by atoms with Crippen LogP contribution >= 0.6 is 0 Å². The van der Waals surface area contributed by atoms with Crippen LogP contribution in [0.15, 0.2) is 60.7 Å². The van der Waals surface area contributed by atoms with Gasteiger partial charge < -0.3 is 15.3 Å². The zero-order valence-electron chi connectivity index (χ0n) is 17.8. The van der Waals surface area contributed by atoms with E-state index in [0.717, 1.165) is 21.7 Å². The van der Waals surface area contributed by atoms with Crippen molar-refractivity contribution in [1.82, 2.24) is 14.5 Å². The van der Waals surface area contributed by atoms with E-state index in [1.54, 1.807) is 0 Å². The van der Waals surface area contributed by atoms with E-state index >= 15 is 0 Å². The predicted octanol–water partition coefficient (Wildman–Crippen LogP) is 0.626. The summed E-state index contributed by atoms with van der Waals surface area (Å²) < 4.78 is 24.6. The maximum atomic E-state index is 13.2. The molecule has 168 valence electrons. The fraction of sp³-hybridized carbons (Fsp3) is 0.364. The molecule has 0 spiro atoms. The van der Waals surface area contributed by atoms with E-state index in [0.29, 0.717) is 0 Å². The predicted molar refractivity (Wildman–Crippen MR) is 118 cm³/mol. The molecule has 0 fully saturated rings. The summed E-state index contributed by atoms with van der Waals surface area (Å²) in [7, 11) is -2.25. The molecule has 0 bridgehead atoms. The van der Waals surface area contributed by atoms with E-state index in [4.69, 9.17) is 5.11 Å². The molecule has 0 unspecified atom stereocenters. The molecule has 2 N–H and O–H groups in total. The Hall–Kier alpha value is -2.75. The molecule has 2 amide bonds. The van der Waals surface area contributed by atoms with E-state index in [2.05, 4.69) is 5.32 Å². The maximum Gasteiger partial charge on any atom is 0.243 e. The van der Waals surface area contributed by atoms with Gasteiger partial charge in [0, 0.05) is 26.6 Å². The van der Waals surface area contributed by atoms with Crippen molar-refractivity contribution < 1.29 is 23.1 Å². The Kier molecular flexibility index (Phi) is 9.17. The van der Waals surface area contributed by atoms with Crippen molar-refractivity contribution in [2.24, 2.45) is 0 Å². The van der Waals surface area contributed by atoms with Gasteiger partial charge in [-0.25, -0.2) is 8.42 Å².